The molecule has 0 unspecified atom stereocenters. The Bertz CT molecular complexity index is 389. The maximum absolute atomic E-state index is 11.8. The van der Waals surface area contributed by atoms with Gasteiger partial charge >= 0.3 is 0 Å². The Morgan fingerprint density at radius 3 is 2.47 bits per heavy atom. The highest BCUT2D eigenvalue weighted by Gasteiger charge is 2.14. The summed E-state index contributed by atoms with van der Waals surface area (Å²) >= 11 is 5.78. The molecule has 1 fully saturated rings. The Balaban J connectivity index is 0.00000180. The van der Waals surface area contributed by atoms with Crippen molar-refractivity contribution in [3.05, 3.63) is 34.9 Å². The van der Waals surface area contributed by atoms with Gasteiger partial charge in [0.15, 0.2) is 0 Å². The van der Waals surface area contributed by atoms with E-state index in [4.69, 9.17) is 11.6 Å². The van der Waals surface area contributed by atoms with Gasteiger partial charge in [-0.2, -0.15) is 0 Å². The van der Waals surface area contributed by atoms with Crippen LogP contribution in [-0.2, 0) is 0 Å². The summed E-state index contributed by atoms with van der Waals surface area (Å²) in [6, 6.07) is 6.99. The van der Waals surface area contributed by atoms with Gasteiger partial charge in [-0.3, -0.25) is 4.79 Å². The number of benzene rings is 1. The highest BCUT2D eigenvalue weighted by atomic mass is 35.5. The molecule has 0 bridgehead atoms. The lowest BCUT2D eigenvalue weighted by Gasteiger charge is -2.12. The number of quaternary nitrogens is 1. The first-order chi connectivity index (χ1) is 8.75. The second kappa shape index (κ2) is 8.41. The van der Waals surface area contributed by atoms with Crippen LogP contribution in [0.2, 0.25) is 5.02 Å². The van der Waals surface area contributed by atoms with Crippen molar-refractivity contribution in [1.82, 2.24) is 5.32 Å². The average Bonchev–Trinajstić information content (AvgIpc) is 2.88. The van der Waals surface area contributed by atoms with Crippen LogP contribution in [0.25, 0.3) is 0 Å². The van der Waals surface area contributed by atoms with Crippen molar-refractivity contribution in [1.29, 1.82) is 0 Å². The van der Waals surface area contributed by atoms with Gasteiger partial charge in [0.2, 0.25) is 0 Å². The van der Waals surface area contributed by atoms with Crippen LogP contribution >= 0.6 is 11.6 Å². The summed E-state index contributed by atoms with van der Waals surface area (Å²) in [5, 5.41) is 3.60. The molecule has 1 aliphatic heterocycles. The summed E-state index contributed by atoms with van der Waals surface area (Å²) in [7, 11) is 0. The van der Waals surface area contributed by atoms with Crippen LogP contribution in [0.15, 0.2) is 24.3 Å². The summed E-state index contributed by atoms with van der Waals surface area (Å²) in [6.45, 7) is 4.52. The highest BCUT2D eigenvalue weighted by molar-refractivity contribution is 6.30. The topological polar surface area (TPSA) is 33.5 Å². The second-order valence-electron chi connectivity index (χ2n) is 4.82. The molecule has 0 radical (unpaired) electrons. The molecular formula is C14H20Cl2N2O. The minimum atomic E-state index is -0.0110. The van der Waals surface area contributed by atoms with Gasteiger partial charge in [-0.1, -0.05) is 11.6 Å². The van der Waals surface area contributed by atoms with E-state index in [1.54, 1.807) is 29.2 Å². The van der Waals surface area contributed by atoms with Crippen LogP contribution in [-0.4, -0.2) is 32.1 Å². The number of halogens is 2. The molecule has 1 saturated heterocycles. The Kier molecular flexibility index (Phi) is 7.21. The lowest BCUT2D eigenvalue weighted by atomic mass is 10.2. The molecule has 1 aliphatic rings. The zero-order valence-electron chi connectivity index (χ0n) is 10.9. The van der Waals surface area contributed by atoms with Crippen LogP contribution in [0.4, 0.5) is 0 Å². The molecule has 0 saturated carbocycles. The maximum atomic E-state index is 11.8. The molecule has 2 rings (SSSR count). The van der Waals surface area contributed by atoms with Gasteiger partial charge in [0, 0.05) is 36.4 Å². The minimum Gasteiger partial charge on any atom is -1.00 e. The third-order valence-electron chi connectivity index (χ3n) is 3.41. The first kappa shape index (κ1) is 16.3. The van der Waals surface area contributed by atoms with E-state index in [0.717, 1.165) is 13.0 Å². The van der Waals surface area contributed by atoms with Gasteiger partial charge in [0.05, 0.1) is 19.6 Å². The highest BCUT2D eigenvalue weighted by Crippen LogP contribution is 2.09. The van der Waals surface area contributed by atoms with Crippen molar-refractivity contribution >= 4 is 17.5 Å². The number of amides is 1. The summed E-state index contributed by atoms with van der Waals surface area (Å²) < 4.78 is 0. The van der Waals surface area contributed by atoms with E-state index in [-0.39, 0.29) is 18.3 Å². The molecule has 0 aliphatic carbocycles. The van der Waals surface area contributed by atoms with Gasteiger partial charge in [-0.05, 0) is 24.3 Å². The standard InChI is InChI=1S/C14H19ClN2O.ClH/c15-13-6-4-12(5-7-13)14(18)16-8-3-11-17-9-1-2-10-17;/h4-7H,1-3,8-11H2,(H,16,18);1H. The Morgan fingerprint density at radius 1 is 1.21 bits per heavy atom. The van der Waals surface area contributed by atoms with E-state index >= 15 is 0 Å². The van der Waals surface area contributed by atoms with Gasteiger partial charge in [-0.25, -0.2) is 0 Å². The van der Waals surface area contributed by atoms with Crippen molar-refractivity contribution in [3.63, 3.8) is 0 Å². The lowest BCUT2D eigenvalue weighted by molar-refractivity contribution is -0.887. The van der Waals surface area contributed by atoms with Crippen LogP contribution in [0, 0.1) is 0 Å². The molecule has 2 N–H and O–H groups in total. The summed E-state index contributed by atoms with van der Waals surface area (Å²) in [4.78, 5) is 13.5. The fourth-order valence-electron chi connectivity index (χ4n) is 2.37. The largest absolute Gasteiger partial charge is 1.00 e. The molecule has 19 heavy (non-hydrogen) atoms. The number of hydrogen-bond donors (Lipinski definition) is 2. The molecule has 0 atom stereocenters. The van der Waals surface area contributed by atoms with Crippen LogP contribution in [0.5, 0.6) is 0 Å². The number of carbonyl (C=O) groups excluding carboxylic acids is 1. The van der Waals surface area contributed by atoms with Crippen molar-refractivity contribution in [2.24, 2.45) is 0 Å². The molecule has 1 aromatic rings. The van der Waals surface area contributed by atoms with Crippen LogP contribution in [0.1, 0.15) is 29.6 Å². The first-order valence-corrected chi connectivity index (χ1v) is 7.01. The number of hydrogen-bond acceptors (Lipinski definition) is 1. The van der Waals surface area contributed by atoms with E-state index in [9.17, 15) is 4.79 Å². The average molecular weight is 303 g/mol. The van der Waals surface area contributed by atoms with Crippen molar-refractivity contribution in [2.75, 3.05) is 26.2 Å². The van der Waals surface area contributed by atoms with Gasteiger partial charge in [0.25, 0.3) is 5.91 Å². The summed E-state index contributed by atoms with van der Waals surface area (Å²) in [5.74, 6) is -0.0110. The molecule has 1 heterocycles. The molecule has 5 heteroatoms. The van der Waals surface area contributed by atoms with Crippen molar-refractivity contribution < 1.29 is 22.1 Å². The molecule has 106 valence electrons. The fraction of sp³-hybridized carbons (Fsp3) is 0.500. The SMILES string of the molecule is O=C(NCCC[NH+]1CCCC1)c1ccc(Cl)cc1.[Cl-]. The second-order valence-corrected chi connectivity index (χ2v) is 5.26. The first-order valence-electron chi connectivity index (χ1n) is 6.63. The lowest BCUT2D eigenvalue weighted by Crippen LogP contribution is -3.10. The minimum absolute atomic E-state index is 0. The Labute approximate surface area is 125 Å². The van der Waals surface area contributed by atoms with Crippen LogP contribution < -0.4 is 22.6 Å². The van der Waals surface area contributed by atoms with E-state index in [1.165, 1.54) is 32.5 Å². The third kappa shape index (κ3) is 5.39. The quantitative estimate of drug-likeness (QED) is 0.615. The Hall–Kier alpha value is -0.770. The molecule has 0 aromatic heterocycles. The fourth-order valence-corrected chi connectivity index (χ4v) is 2.49. The number of likely N-dealkylation sites (tertiary alicyclic amines) is 1. The maximum Gasteiger partial charge on any atom is 0.251 e. The molecular weight excluding hydrogens is 283 g/mol. The number of rotatable bonds is 5. The van der Waals surface area contributed by atoms with E-state index in [2.05, 4.69) is 5.32 Å². The van der Waals surface area contributed by atoms with Gasteiger partial charge < -0.3 is 22.6 Å². The molecule has 3 nitrogen and oxygen atoms in total. The molecule has 0 spiro atoms. The van der Waals surface area contributed by atoms with E-state index < -0.39 is 0 Å². The van der Waals surface area contributed by atoms with E-state index in [1.807, 2.05) is 0 Å². The van der Waals surface area contributed by atoms with E-state index in [0.29, 0.717) is 10.6 Å². The predicted molar refractivity (Wildman–Crippen MR) is 73.2 cm³/mol. The summed E-state index contributed by atoms with van der Waals surface area (Å²) in [5.41, 5.74) is 0.674. The number of carbonyl (C=O) groups is 1. The summed E-state index contributed by atoms with van der Waals surface area (Å²) in [6.07, 6.45) is 3.76. The molecule has 1 aromatic carbocycles. The Morgan fingerprint density at radius 2 is 1.84 bits per heavy atom. The normalized spacial score (nSPS) is 15.0. The van der Waals surface area contributed by atoms with Gasteiger partial charge in [0.1, 0.15) is 0 Å². The van der Waals surface area contributed by atoms with Crippen LogP contribution in [0.3, 0.4) is 0 Å². The smallest absolute Gasteiger partial charge is 0.251 e. The zero-order valence-corrected chi connectivity index (χ0v) is 12.4. The molecule has 1 amide bonds. The van der Waals surface area contributed by atoms with Crippen molar-refractivity contribution in [2.45, 2.75) is 19.3 Å². The number of nitrogens with one attached hydrogen (secondary N) is 2. The van der Waals surface area contributed by atoms with Gasteiger partial charge in [-0.15, -0.1) is 0 Å². The predicted octanol–water partition coefficient (Wildman–Crippen LogP) is -1.86. The monoisotopic (exact) mass is 302 g/mol. The van der Waals surface area contributed by atoms with Crippen molar-refractivity contribution in [3.8, 4) is 0 Å². The third-order valence-corrected chi connectivity index (χ3v) is 3.66. The zero-order chi connectivity index (χ0) is 12.8.